The maximum absolute atomic E-state index is 13.0. The van der Waals surface area contributed by atoms with Crippen molar-refractivity contribution in [1.29, 1.82) is 0 Å². The van der Waals surface area contributed by atoms with Crippen LogP contribution in [0.25, 0.3) is 0 Å². The SMILES string of the molecule is Cc1noc([C@H]2CCCCN2S(=O)(=O)c2ccc(F)cc2)n1. The minimum atomic E-state index is -3.73. The molecular formula is C14H16FN3O3S. The van der Waals surface area contributed by atoms with Gasteiger partial charge in [-0.1, -0.05) is 11.6 Å². The van der Waals surface area contributed by atoms with Crippen molar-refractivity contribution in [3.05, 3.63) is 41.8 Å². The zero-order valence-corrected chi connectivity index (χ0v) is 12.9. The summed E-state index contributed by atoms with van der Waals surface area (Å²) in [5.41, 5.74) is 0. The Bertz CT molecular complexity index is 758. The van der Waals surface area contributed by atoms with Gasteiger partial charge < -0.3 is 4.52 Å². The molecule has 0 saturated carbocycles. The van der Waals surface area contributed by atoms with Crippen molar-refractivity contribution < 1.29 is 17.3 Å². The van der Waals surface area contributed by atoms with E-state index in [-0.39, 0.29) is 4.90 Å². The maximum Gasteiger partial charge on any atom is 0.245 e. The molecule has 6 nitrogen and oxygen atoms in total. The van der Waals surface area contributed by atoms with E-state index >= 15 is 0 Å². The standard InChI is InChI=1S/C14H16FN3O3S/c1-10-16-14(21-17-10)13-4-2-3-9-18(13)22(19,20)12-7-5-11(15)6-8-12/h5-8,13H,2-4,9H2,1H3/t13-/m1/s1. The lowest BCUT2D eigenvalue weighted by Crippen LogP contribution is -2.38. The highest BCUT2D eigenvalue weighted by molar-refractivity contribution is 7.89. The quantitative estimate of drug-likeness (QED) is 0.866. The summed E-state index contributed by atoms with van der Waals surface area (Å²) in [6.07, 6.45) is 2.29. The van der Waals surface area contributed by atoms with Crippen LogP contribution in [0, 0.1) is 12.7 Å². The van der Waals surface area contributed by atoms with Crippen LogP contribution in [-0.4, -0.2) is 29.4 Å². The first kappa shape index (κ1) is 15.1. The Morgan fingerprint density at radius 2 is 2.00 bits per heavy atom. The van der Waals surface area contributed by atoms with Crippen LogP contribution in [0.4, 0.5) is 4.39 Å². The van der Waals surface area contributed by atoms with E-state index in [1.165, 1.54) is 16.4 Å². The summed E-state index contributed by atoms with van der Waals surface area (Å²) < 4.78 is 45.2. The first-order valence-corrected chi connectivity index (χ1v) is 8.50. The second-order valence-electron chi connectivity index (χ2n) is 5.26. The number of benzene rings is 1. The van der Waals surface area contributed by atoms with E-state index in [0.29, 0.717) is 24.7 Å². The van der Waals surface area contributed by atoms with E-state index in [4.69, 9.17) is 4.52 Å². The van der Waals surface area contributed by atoms with Gasteiger partial charge in [-0.3, -0.25) is 0 Å². The topological polar surface area (TPSA) is 76.3 Å². The Balaban J connectivity index is 1.97. The minimum absolute atomic E-state index is 0.0667. The van der Waals surface area contributed by atoms with E-state index in [0.717, 1.165) is 25.0 Å². The Hall–Kier alpha value is -1.80. The van der Waals surface area contributed by atoms with Gasteiger partial charge in [0.2, 0.25) is 15.9 Å². The third kappa shape index (κ3) is 2.76. The van der Waals surface area contributed by atoms with E-state index < -0.39 is 21.9 Å². The van der Waals surface area contributed by atoms with Crippen LogP contribution in [-0.2, 0) is 10.0 Å². The van der Waals surface area contributed by atoms with E-state index in [9.17, 15) is 12.8 Å². The van der Waals surface area contributed by atoms with Crippen molar-refractivity contribution in [2.75, 3.05) is 6.54 Å². The van der Waals surface area contributed by atoms with Crippen molar-refractivity contribution in [2.24, 2.45) is 0 Å². The average Bonchev–Trinajstić information content (AvgIpc) is 2.94. The molecule has 0 unspecified atom stereocenters. The number of hydrogen-bond donors (Lipinski definition) is 0. The molecule has 22 heavy (non-hydrogen) atoms. The largest absolute Gasteiger partial charge is 0.338 e. The molecule has 3 rings (SSSR count). The Kier molecular flexibility index (Phi) is 3.96. The molecule has 1 aromatic heterocycles. The van der Waals surface area contributed by atoms with Gasteiger partial charge in [-0.2, -0.15) is 9.29 Å². The Morgan fingerprint density at radius 3 is 2.64 bits per heavy atom. The molecule has 1 aromatic carbocycles. The fourth-order valence-electron chi connectivity index (χ4n) is 2.63. The smallest absolute Gasteiger partial charge is 0.245 e. The molecule has 1 aliphatic heterocycles. The van der Waals surface area contributed by atoms with Crippen LogP contribution < -0.4 is 0 Å². The predicted octanol–water partition coefficient (Wildman–Crippen LogP) is 2.43. The fraction of sp³-hybridized carbons (Fsp3) is 0.429. The molecule has 1 aliphatic rings. The van der Waals surface area contributed by atoms with Crippen LogP contribution in [0.5, 0.6) is 0 Å². The number of aryl methyl sites for hydroxylation is 1. The summed E-state index contributed by atoms with van der Waals surface area (Å²) in [7, 11) is -3.73. The molecule has 8 heteroatoms. The van der Waals surface area contributed by atoms with Crippen LogP contribution in [0.2, 0.25) is 0 Å². The molecule has 2 heterocycles. The third-order valence-corrected chi connectivity index (χ3v) is 5.62. The first-order chi connectivity index (χ1) is 10.5. The van der Waals surface area contributed by atoms with Crippen LogP contribution in [0.1, 0.15) is 37.0 Å². The molecule has 1 atom stereocenters. The molecule has 0 amide bonds. The fourth-order valence-corrected chi connectivity index (χ4v) is 4.28. The van der Waals surface area contributed by atoms with Gasteiger partial charge >= 0.3 is 0 Å². The highest BCUT2D eigenvalue weighted by Crippen LogP contribution is 2.34. The molecule has 0 bridgehead atoms. The van der Waals surface area contributed by atoms with Crippen LogP contribution >= 0.6 is 0 Å². The Morgan fingerprint density at radius 1 is 1.27 bits per heavy atom. The summed E-state index contributed by atoms with van der Waals surface area (Å²) in [4.78, 5) is 4.23. The minimum Gasteiger partial charge on any atom is -0.338 e. The number of hydrogen-bond acceptors (Lipinski definition) is 5. The summed E-state index contributed by atoms with van der Waals surface area (Å²) in [5.74, 6) is 0.310. The van der Waals surface area contributed by atoms with Gasteiger partial charge in [-0.05, 0) is 44.0 Å². The summed E-state index contributed by atoms with van der Waals surface area (Å²) in [6, 6.07) is 4.36. The van der Waals surface area contributed by atoms with Gasteiger partial charge in [-0.15, -0.1) is 0 Å². The molecular weight excluding hydrogens is 309 g/mol. The third-order valence-electron chi connectivity index (χ3n) is 3.70. The predicted molar refractivity (Wildman–Crippen MR) is 75.9 cm³/mol. The summed E-state index contributed by atoms with van der Waals surface area (Å²) in [6.45, 7) is 2.07. The van der Waals surface area contributed by atoms with Gasteiger partial charge in [0.05, 0.1) is 4.90 Å². The number of piperidine rings is 1. The van der Waals surface area contributed by atoms with Crippen LogP contribution in [0.15, 0.2) is 33.7 Å². The molecule has 0 spiro atoms. The van der Waals surface area contributed by atoms with E-state index in [1.807, 2.05) is 0 Å². The van der Waals surface area contributed by atoms with Gasteiger partial charge in [0, 0.05) is 6.54 Å². The molecule has 1 saturated heterocycles. The number of halogens is 1. The first-order valence-electron chi connectivity index (χ1n) is 7.06. The molecule has 0 N–H and O–H groups in total. The second kappa shape index (κ2) is 5.77. The van der Waals surface area contributed by atoms with Crippen LogP contribution in [0.3, 0.4) is 0 Å². The lowest BCUT2D eigenvalue weighted by atomic mass is 10.1. The highest BCUT2D eigenvalue weighted by Gasteiger charge is 2.37. The maximum atomic E-state index is 13.0. The number of sulfonamides is 1. The van der Waals surface area contributed by atoms with Gasteiger partial charge in [0.15, 0.2) is 5.82 Å². The molecule has 118 valence electrons. The number of aromatic nitrogens is 2. The van der Waals surface area contributed by atoms with Gasteiger partial charge in [0.25, 0.3) is 0 Å². The van der Waals surface area contributed by atoms with E-state index in [1.54, 1.807) is 6.92 Å². The Labute approximate surface area is 128 Å². The molecule has 2 aromatic rings. The monoisotopic (exact) mass is 325 g/mol. The van der Waals surface area contributed by atoms with Gasteiger partial charge in [0.1, 0.15) is 11.9 Å². The lowest BCUT2D eigenvalue weighted by Gasteiger charge is -2.32. The zero-order chi connectivity index (χ0) is 15.7. The highest BCUT2D eigenvalue weighted by atomic mass is 32.2. The van der Waals surface area contributed by atoms with Crippen molar-refractivity contribution in [3.8, 4) is 0 Å². The summed E-state index contributed by atoms with van der Waals surface area (Å²) >= 11 is 0. The molecule has 0 radical (unpaired) electrons. The summed E-state index contributed by atoms with van der Waals surface area (Å²) in [5, 5.41) is 3.74. The van der Waals surface area contributed by atoms with Crippen molar-refractivity contribution in [2.45, 2.75) is 37.1 Å². The normalized spacial score (nSPS) is 20.2. The van der Waals surface area contributed by atoms with Crippen molar-refractivity contribution in [1.82, 2.24) is 14.4 Å². The number of rotatable bonds is 3. The lowest BCUT2D eigenvalue weighted by molar-refractivity contribution is 0.204. The zero-order valence-electron chi connectivity index (χ0n) is 12.1. The second-order valence-corrected chi connectivity index (χ2v) is 7.15. The molecule has 1 fully saturated rings. The average molecular weight is 325 g/mol. The van der Waals surface area contributed by atoms with Crippen molar-refractivity contribution >= 4 is 10.0 Å². The van der Waals surface area contributed by atoms with Gasteiger partial charge in [-0.25, -0.2) is 12.8 Å². The van der Waals surface area contributed by atoms with Crippen molar-refractivity contribution in [3.63, 3.8) is 0 Å². The number of nitrogens with zero attached hydrogens (tertiary/aromatic N) is 3. The van der Waals surface area contributed by atoms with E-state index in [2.05, 4.69) is 10.1 Å². The molecule has 0 aliphatic carbocycles.